The van der Waals surface area contributed by atoms with Crippen molar-refractivity contribution in [3.63, 3.8) is 0 Å². The molecule has 0 spiro atoms. The second-order valence-electron chi connectivity index (χ2n) is 6.38. The number of fused-ring (bicyclic) bond motifs is 1. The molecule has 0 saturated heterocycles. The molecule has 0 amide bonds. The summed E-state index contributed by atoms with van der Waals surface area (Å²) in [5.74, 6) is -1.57. The van der Waals surface area contributed by atoms with Gasteiger partial charge in [0.25, 0.3) is 0 Å². The normalized spacial score (nSPS) is 16.7. The lowest BCUT2D eigenvalue weighted by Gasteiger charge is -2.44. The van der Waals surface area contributed by atoms with Gasteiger partial charge in [-0.05, 0) is 49.3 Å². The SMILES string of the molecule is CNCCN(C)CCN1c2ccccc2N(c2ccc(F)cc2F)S1(O)O. The van der Waals surface area contributed by atoms with E-state index in [1.165, 1.54) is 10.4 Å². The van der Waals surface area contributed by atoms with Crippen molar-refractivity contribution >= 4 is 28.0 Å². The molecule has 6 nitrogen and oxygen atoms in total. The molecule has 2 aromatic carbocycles. The van der Waals surface area contributed by atoms with Crippen LogP contribution in [0.4, 0.5) is 25.8 Å². The van der Waals surface area contributed by atoms with Gasteiger partial charge in [0.2, 0.25) is 0 Å². The summed E-state index contributed by atoms with van der Waals surface area (Å²) in [5.41, 5.74) is 0.999. The average molecular weight is 398 g/mol. The van der Waals surface area contributed by atoms with Gasteiger partial charge in [0, 0.05) is 25.7 Å². The lowest BCUT2D eigenvalue weighted by Crippen LogP contribution is -2.38. The molecule has 0 fully saturated rings. The minimum absolute atomic E-state index is 0.0742. The first kappa shape index (κ1) is 19.8. The highest BCUT2D eigenvalue weighted by Crippen LogP contribution is 2.64. The number of benzene rings is 2. The Morgan fingerprint density at radius 2 is 1.74 bits per heavy atom. The largest absolute Gasteiger partial charge is 0.318 e. The van der Waals surface area contributed by atoms with Crippen LogP contribution in [-0.2, 0) is 0 Å². The van der Waals surface area contributed by atoms with E-state index in [0.29, 0.717) is 24.5 Å². The first-order valence-electron chi connectivity index (χ1n) is 8.59. The van der Waals surface area contributed by atoms with Crippen molar-refractivity contribution in [1.29, 1.82) is 0 Å². The Morgan fingerprint density at radius 3 is 2.41 bits per heavy atom. The predicted octanol–water partition coefficient (Wildman–Crippen LogP) is 3.65. The maximum Gasteiger partial charge on any atom is 0.151 e. The molecule has 1 heterocycles. The number of likely N-dealkylation sites (N-methyl/N-ethyl adjacent to an activating group) is 2. The van der Waals surface area contributed by atoms with Gasteiger partial charge in [0.1, 0.15) is 11.5 Å². The molecule has 0 unspecified atom stereocenters. The summed E-state index contributed by atoms with van der Waals surface area (Å²) >= 11 is 0. The van der Waals surface area contributed by atoms with Gasteiger partial charge in [-0.3, -0.25) is 13.4 Å². The fourth-order valence-electron chi connectivity index (χ4n) is 3.04. The van der Waals surface area contributed by atoms with Crippen molar-refractivity contribution in [3.8, 4) is 0 Å². The van der Waals surface area contributed by atoms with Crippen molar-refractivity contribution in [2.24, 2.45) is 0 Å². The van der Waals surface area contributed by atoms with Gasteiger partial charge in [-0.2, -0.15) is 0 Å². The molecule has 1 aliphatic rings. The Morgan fingerprint density at radius 1 is 1.04 bits per heavy atom. The molecule has 148 valence electrons. The van der Waals surface area contributed by atoms with Crippen LogP contribution >= 0.6 is 11.0 Å². The zero-order valence-corrected chi connectivity index (χ0v) is 16.1. The lowest BCUT2D eigenvalue weighted by atomic mass is 10.2. The summed E-state index contributed by atoms with van der Waals surface area (Å²) < 4.78 is 52.3. The third-order valence-electron chi connectivity index (χ3n) is 4.47. The van der Waals surface area contributed by atoms with E-state index in [-0.39, 0.29) is 5.69 Å². The first-order valence-corrected chi connectivity index (χ1v) is 10.1. The molecular formula is C18H24F2N4O2S. The molecule has 0 aliphatic carbocycles. The summed E-state index contributed by atoms with van der Waals surface area (Å²) in [5, 5.41) is 3.07. The molecule has 0 radical (unpaired) electrons. The summed E-state index contributed by atoms with van der Waals surface area (Å²) in [6, 6.07) is 10.0. The standard InChI is InChI=1S/C18H24F2N4O2S/c1-21-9-10-22(2)11-12-23-17-5-3-4-6-18(17)24(27(23,25)26)16-8-7-14(19)13-15(16)20/h3-8,13,21,25-26H,9-12H2,1-2H3. The molecule has 0 atom stereocenters. The van der Waals surface area contributed by atoms with Crippen molar-refractivity contribution in [3.05, 3.63) is 54.1 Å². The van der Waals surface area contributed by atoms with Crippen LogP contribution in [0.2, 0.25) is 0 Å². The van der Waals surface area contributed by atoms with Crippen LogP contribution in [0.3, 0.4) is 0 Å². The fourth-order valence-corrected chi connectivity index (χ4v) is 4.81. The Labute approximate surface area is 159 Å². The van der Waals surface area contributed by atoms with Gasteiger partial charge in [-0.1, -0.05) is 12.1 Å². The molecule has 2 aromatic rings. The zero-order valence-electron chi connectivity index (χ0n) is 15.3. The predicted molar refractivity (Wildman–Crippen MR) is 107 cm³/mol. The second-order valence-corrected chi connectivity index (χ2v) is 8.16. The van der Waals surface area contributed by atoms with E-state index in [0.717, 1.165) is 29.5 Å². The van der Waals surface area contributed by atoms with Gasteiger partial charge < -0.3 is 10.2 Å². The molecule has 0 aromatic heterocycles. The van der Waals surface area contributed by atoms with E-state index in [9.17, 15) is 17.9 Å². The van der Waals surface area contributed by atoms with Gasteiger partial charge >= 0.3 is 0 Å². The summed E-state index contributed by atoms with van der Waals surface area (Å²) in [6.07, 6.45) is 0. The smallest absolute Gasteiger partial charge is 0.151 e. The van der Waals surface area contributed by atoms with Crippen LogP contribution in [0.25, 0.3) is 0 Å². The Hall–Kier alpha value is -1.91. The molecule has 1 aliphatic heterocycles. The Bertz CT molecular complexity index is 809. The number of nitrogens with zero attached hydrogens (tertiary/aromatic N) is 3. The minimum atomic E-state index is -3.53. The van der Waals surface area contributed by atoms with Gasteiger partial charge in [-0.15, -0.1) is 0 Å². The van der Waals surface area contributed by atoms with Crippen LogP contribution < -0.4 is 13.9 Å². The van der Waals surface area contributed by atoms with E-state index in [1.54, 1.807) is 24.3 Å². The summed E-state index contributed by atoms with van der Waals surface area (Å²) in [6.45, 7) is 2.56. The van der Waals surface area contributed by atoms with E-state index < -0.39 is 22.6 Å². The lowest BCUT2D eigenvalue weighted by molar-refractivity contribution is 0.343. The quantitative estimate of drug-likeness (QED) is 0.662. The van der Waals surface area contributed by atoms with Crippen molar-refractivity contribution < 1.29 is 17.9 Å². The van der Waals surface area contributed by atoms with Crippen LogP contribution in [0.15, 0.2) is 42.5 Å². The summed E-state index contributed by atoms with van der Waals surface area (Å²) in [4.78, 5) is 2.07. The van der Waals surface area contributed by atoms with Gasteiger partial charge in [-0.25, -0.2) is 13.1 Å². The van der Waals surface area contributed by atoms with Crippen LogP contribution in [0.5, 0.6) is 0 Å². The average Bonchev–Trinajstić information content (AvgIpc) is 2.85. The number of hydrogen-bond acceptors (Lipinski definition) is 6. The number of nitrogens with one attached hydrogen (secondary N) is 1. The van der Waals surface area contributed by atoms with Crippen LogP contribution in [-0.4, -0.2) is 54.3 Å². The maximum atomic E-state index is 14.4. The number of halogens is 2. The Kier molecular flexibility index (Phi) is 5.87. The van der Waals surface area contributed by atoms with Crippen molar-refractivity contribution in [1.82, 2.24) is 10.2 Å². The number of rotatable bonds is 7. The van der Waals surface area contributed by atoms with E-state index in [2.05, 4.69) is 10.2 Å². The zero-order chi connectivity index (χ0) is 19.6. The third kappa shape index (κ3) is 3.87. The second kappa shape index (κ2) is 7.99. The maximum absolute atomic E-state index is 14.4. The third-order valence-corrected chi connectivity index (χ3v) is 6.32. The molecular weight excluding hydrogens is 374 g/mol. The van der Waals surface area contributed by atoms with E-state index in [4.69, 9.17) is 0 Å². The molecule has 9 heteroatoms. The monoisotopic (exact) mass is 398 g/mol. The highest BCUT2D eigenvalue weighted by molar-refractivity contribution is 8.27. The molecule has 0 bridgehead atoms. The van der Waals surface area contributed by atoms with E-state index >= 15 is 0 Å². The molecule has 3 N–H and O–H groups in total. The van der Waals surface area contributed by atoms with E-state index in [1.807, 2.05) is 14.1 Å². The van der Waals surface area contributed by atoms with Crippen LogP contribution in [0, 0.1) is 11.6 Å². The highest BCUT2D eigenvalue weighted by Gasteiger charge is 2.42. The number of para-hydroxylation sites is 2. The summed E-state index contributed by atoms with van der Waals surface area (Å²) in [7, 11) is 0.289. The van der Waals surface area contributed by atoms with Crippen molar-refractivity contribution in [2.75, 3.05) is 48.9 Å². The minimum Gasteiger partial charge on any atom is -0.318 e. The fraction of sp³-hybridized carbons (Fsp3) is 0.333. The number of anilines is 3. The molecule has 3 rings (SSSR count). The van der Waals surface area contributed by atoms with Gasteiger partial charge in [0.05, 0.1) is 17.9 Å². The highest BCUT2D eigenvalue weighted by atomic mass is 32.3. The topological polar surface area (TPSA) is 62.2 Å². The Balaban J connectivity index is 1.93. The van der Waals surface area contributed by atoms with Crippen molar-refractivity contribution in [2.45, 2.75) is 0 Å². The molecule has 0 saturated carbocycles. The van der Waals surface area contributed by atoms with Crippen LogP contribution in [0.1, 0.15) is 0 Å². The molecule has 27 heavy (non-hydrogen) atoms. The number of hydrogen-bond donors (Lipinski definition) is 3. The first-order chi connectivity index (χ1) is 12.9. The van der Waals surface area contributed by atoms with Gasteiger partial charge in [0.15, 0.2) is 5.82 Å².